The molecule has 3 aromatic carbocycles. The molecule has 0 saturated carbocycles. The first-order valence-electron chi connectivity index (χ1n) is 10.2. The number of hydrogen-bond acceptors (Lipinski definition) is 5. The number of ether oxygens (including phenoxy) is 2. The minimum Gasteiger partial charge on any atom is -0.493 e. The molecular weight excluding hydrogens is 412 g/mol. The summed E-state index contributed by atoms with van der Waals surface area (Å²) >= 11 is 0. The molecule has 4 rings (SSSR count). The van der Waals surface area contributed by atoms with Gasteiger partial charge in [-0.05, 0) is 48.4 Å². The number of rotatable bonds is 8. The van der Waals surface area contributed by atoms with Crippen molar-refractivity contribution < 1.29 is 17.9 Å². The van der Waals surface area contributed by atoms with Crippen molar-refractivity contribution in [2.75, 3.05) is 20.2 Å². The van der Waals surface area contributed by atoms with Gasteiger partial charge in [0.2, 0.25) is 10.0 Å². The van der Waals surface area contributed by atoms with Crippen molar-refractivity contribution in [3.63, 3.8) is 0 Å². The van der Waals surface area contributed by atoms with Crippen LogP contribution in [0.1, 0.15) is 12.0 Å². The monoisotopic (exact) mass is 438 g/mol. The van der Waals surface area contributed by atoms with Gasteiger partial charge in [-0.3, -0.25) is 4.90 Å². The number of hydrogen-bond donors (Lipinski definition) is 1. The molecule has 0 spiro atoms. The predicted octanol–water partition coefficient (Wildman–Crippen LogP) is 4.04. The first-order chi connectivity index (χ1) is 15.0. The number of benzene rings is 3. The maximum absolute atomic E-state index is 12.6. The SMILES string of the molecule is COc1ccccc1Oc1cccc(CN2CCC(NS(=O)(=O)c3ccccc3)C2)c1. The Hall–Kier alpha value is -2.87. The maximum atomic E-state index is 12.6. The molecule has 31 heavy (non-hydrogen) atoms. The van der Waals surface area contributed by atoms with Crippen molar-refractivity contribution in [3.8, 4) is 17.2 Å². The Balaban J connectivity index is 1.37. The van der Waals surface area contributed by atoms with E-state index < -0.39 is 10.0 Å². The van der Waals surface area contributed by atoms with Gasteiger partial charge in [0.05, 0.1) is 12.0 Å². The molecule has 1 fully saturated rings. The fourth-order valence-electron chi connectivity index (χ4n) is 3.76. The van der Waals surface area contributed by atoms with Gasteiger partial charge in [0, 0.05) is 25.7 Å². The Bertz CT molecular complexity index is 1120. The third-order valence-electron chi connectivity index (χ3n) is 5.25. The molecule has 1 aliphatic rings. The van der Waals surface area contributed by atoms with Gasteiger partial charge in [-0.2, -0.15) is 0 Å². The lowest BCUT2D eigenvalue weighted by Crippen LogP contribution is -2.36. The van der Waals surface area contributed by atoms with Crippen LogP contribution in [0.15, 0.2) is 83.8 Å². The second kappa shape index (κ2) is 9.51. The van der Waals surface area contributed by atoms with E-state index in [9.17, 15) is 8.42 Å². The van der Waals surface area contributed by atoms with Gasteiger partial charge in [0.15, 0.2) is 11.5 Å². The molecule has 1 aliphatic heterocycles. The van der Waals surface area contributed by atoms with Gasteiger partial charge < -0.3 is 9.47 Å². The molecule has 6 nitrogen and oxygen atoms in total. The van der Waals surface area contributed by atoms with Crippen LogP contribution in [0.4, 0.5) is 0 Å². The number of methoxy groups -OCH3 is 1. The molecule has 0 bridgehead atoms. The summed E-state index contributed by atoms with van der Waals surface area (Å²) in [5.74, 6) is 2.09. The van der Waals surface area contributed by atoms with Gasteiger partial charge in [0.1, 0.15) is 5.75 Å². The number of sulfonamides is 1. The van der Waals surface area contributed by atoms with Crippen LogP contribution in [0.5, 0.6) is 17.2 Å². The van der Waals surface area contributed by atoms with Crippen LogP contribution in [0.2, 0.25) is 0 Å². The first-order valence-corrected chi connectivity index (χ1v) is 11.7. The Morgan fingerprint density at radius 3 is 2.48 bits per heavy atom. The van der Waals surface area contributed by atoms with Crippen LogP contribution in [-0.2, 0) is 16.6 Å². The third-order valence-corrected chi connectivity index (χ3v) is 6.79. The zero-order chi connectivity index (χ0) is 21.7. The highest BCUT2D eigenvalue weighted by Crippen LogP contribution is 2.31. The van der Waals surface area contributed by atoms with Gasteiger partial charge in [0.25, 0.3) is 0 Å². The summed E-state index contributed by atoms with van der Waals surface area (Å²) in [6.45, 7) is 2.23. The average molecular weight is 439 g/mol. The van der Waals surface area contributed by atoms with Crippen LogP contribution in [0, 0.1) is 0 Å². The molecule has 0 aromatic heterocycles. The number of likely N-dealkylation sites (tertiary alicyclic amines) is 1. The summed E-state index contributed by atoms with van der Waals surface area (Å²) in [6.07, 6.45) is 0.781. The van der Waals surface area contributed by atoms with E-state index in [1.165, 1.54) is 0 Å². The smallest absolute Gasteiger partial charge is 0.240 e. The minimum atomic E-state index is -3.50. The van der Waals surface area contributed by atoms with Gasteiger partial charge >= 0.3 is 0 Å². The molecule has 1 saturated heterocycles. The molecule has 1 N–H and O–H groups in total. The first kappa shape index (κ1) is 21.4. The van der Waals surface area contributed by atoms with Crippen LogP contribution >= 0.6 is 0 Å². The van der Waals surface area contributed by atoms with Crippen LogP contribution in [-0.4, -0.2) is 39.6 Å². The zero-order valence-corrected chi connectivity index (χ0v) is 18.2. The van der Waals surface area contributed by atoms with Gasteiger partial charge in [-0.25, -0.2) is 13.1 Å². The summed E-state index contributed by atoms with van der Waals surface area (Å²) < 4.78 is 39.3. The van der Waals surface area contributed by atoms with Gasteiger partial charge in [-0.1, -0.05) is 42.5 Å². The van der Waals surface area contributed by atoms with Crippen molar-refractivity contribution in [3.05, 3.63) is 84.4 Å². The van der Waals surface area contributed by atoms with Crippen LogP contribution in [0.3, 0.4) is 0 Å². The summed E-state index contributed by atoms with van der Waals surface area (Å²) in [5, 5.41) is 0. The second-order valence-corrected chi connectivity index (χ2v) is 9.27. The lowest BCUT2D eigenvalue weighted by molar-refractivity contribution is 0.324. The van der Waals surface area contributed by atoms with E-state index in [-0.39, 0.29) is 6.04 Å². The summed E-state index contributed by atoms with van der Waals surface area (Å²) in [4.78, 5) is 2.55. The Kier molecular flexibility index (Phi) is 6.56. The molecule has 3 aromatic rings. The Morgan fingerprint density at radius 1 is 0.968 bits per heavy atom. The summed E-state index contributed by atoms with van der Waals surface area (Å²) in [7, 11) is -1.88. The quantitative estimate of drug-likeness (QED) is 0.575. The summed E-state index contributed by atoms with van der Waals surface area (Å²) in [5.41, 5.74) is 1.11. The lowest BCUT2D eigenvalue weighted by atomic mass is 10.2. The maximum Gasteiger partial charge on any atom is 0.240 e. The highest BCUT2D eigenvalue weighted by atomic mass is 32.2. The topological polar surface area (TPSA) is 67.9 Å². The van der Waals surface area contributed by atoms with Crippen molar-refractivity contribution in [1.29, 1.82) is 0 Å². The number of nitrogens with zero attached hydrogens (tertiary/aromatic N) is 1. The molecule has 7 heteroatoms. The lowest BCUT2D eigenvalue weighted by Gasteiger charge is -2.17. The van der Waals surface area contributed by atoms with E-state index in [1.54, 1.807) is 31.4 Å². The van der Waals surface area contributed by atoms with Crippen LogP contribution in [0.25, 0.3) is 0 Å². The summed E-state index contributed by atoms with van der Waals surface area (Å²) in [6, 6.07) is 23.9. The molecule has 0 radical (unpaired) electrons. The zero-order valence-electron chi connectivity index (χ0n) is 17.4. The fraction of sp³-hybridized carbons (Fsp3) is 0.250. The fourth-order valence-corrected chi connectivity index (χ4v) is 5.04. The standard InChI is InChI=1S/C24H26N2O4S/c1-29-23-12-5-6-13-24(23)30-21-9-7-8-19(16-21)17-26-15-14-20(18-26)25-31(27,28)22-10-3-2-4-11-22/h2-13,16,20,25H,14-15,17-18H2,1H3. The second-order valence-electron chi connectivity index (χ2n) is 7.56. The van der Waals surface area contributed by atoms with Crippen molar-refractivity contribution in [2.24, 2.45) is 0 Å². The average Bonchev–Trinajstić information content (AvgIpc) is 3.21. The van der Waals surface area contributed by atoms with E-state index in [0.717, 1.165) is 30.8 Å². The molecular formula is C24H26N2O4S. The van der Waals surface area contributed by atoms with E-state index in [4.69, 9.17) is 9.47 Å². The van der Waals surface area contributed by atoms with Crippen molar-refractivity contribution in [2.45, 2.75) is 23.9 Å². The Labute approximate surface area is 183 Å². The number of para-hydroxylation sites is 2. The Morgan fingerprint density at radius 2 is 1.71 bits per heavy atom. The van der Waals surface area contributed by atoms with Crippen LogP contribution < -0.4 is 14.2 Å². The highest BCUT2D eigenvalue weighted by Gasteiger charge is 2.27. The van der Waals surface area contributed by atoms with E-state index in [2.05, 4.69) is 15.7 Å². The third kappa shape index (κ3) is 5.44. The van der Waals surface area contributed by atoms with E-state index >= 15 is 0 Å². The van der Waals surface area contributed by atoms with Crippen molar-refractivity contribution >= 4 is 10.0 Å². The van der Waals surface area contributed by atoms with Crippen molar-refractivity contribution in [1.82, 2.24) is 9.62 Å². The van der Waals surface area contributed by atoms with E-state index in [0.29, 0.717) is 22.9 Å². The largest absolute Gasteiger partial charge is 0.493 e. The molecule has 0 aliphatic carbocycles. The molecule has 1 atom stereocenters. The molecule has 0 amide bonds. The van der Waals surface area contributed by atoms with E-state index in [1.807, 2.05) is 48.5 Å². The highest BCUT2D eigenvalue weighted by molar-refractivity contribution is 7.89. The minimum absolute atomic E-state index is 0.0989. The van der Waals surface area contributed by atoms with Gasteiger partial charge in [-0.15, -0.1) is 0 Å². The number of nitrogens with one attached hydrogen (secondary N) is 1. The molecule has 162 valence electrons. The molecule has 1 heterocycles. The normalized spacial score (nSPS) is 16.9. The molecule has 1 unspecified atom stereocenters. The predicted molar refractivity (Wildman–Crippen MR) is 120 cm³/mol.